The highest BCUT2D eigenvalue weighted by molar-refractivity contribution is 9.10. The summed E-state index contributed by atoms with van der Waals surface area (Å²) in [5.41, 5.74) is 1.32. The highest BCUT2D eigenvalue weighted by atomic mass is 79.9. The molecule has 1 atom stereocenters. The number of likely N-dealkylation sites (N-methyl/N-ethyl adjacent to an activating group) is 1. The van der Waals surface area contributed by atoms with E-state index in [0.717, 1.165) is 17.6 Å². The summed E-state index contributed by atoms with van der Waals surface area (Å²) in [6.45, 7) is 4.10. The van der Waals surface area contributed by atoms with E-state index >= 15 is 0 Å². The molecule has 0 saturated heterocycles. The number of hydrogen-bond acceptors (Lipinski definition) is 2. The minimum Gasteiger partial charge on any atom is -0.318 e. The summed E-state index contributed by atoms with van der Waals surface area (Å²) in [6.07, 6.45) is 0. The van der Waals surface area contributed by atoms with E-state index in [1.165, 1.54) is 5.56 Å². The van der Waals surface area contributed by atoms with E-state index < -0.39 is 0 Å². The molecule has 0 aliphatic heterocycles. The van der Waals surface area contributed by atoms with Crippen molar-refractivity contribution in [1.29, 1.82) is 0 Å². The van der Waals surface area contributed by atoms with Gasteiger partial charge in [-0.15, -0.1) is 0 Å². The van der Waals surface area contributed by atoms with Gasteiger partial charge in [0.15, 0.2) is 0 Å². The Labute approximate surface area is 94.2 Å². The van der Waals surface area contributed by atoms with Crippen LogP contribution in [0.15, 0.2) is 28.7 Å². The molecule has 1 aromatic rings. The lowest BCUT2D eigenvalue weighted by Gasteiger charge is -2.12. The fourth-order valence-corrected chi connectivity index (χ4v) is 1.54. The largest absolute Gasteiger partial charge is 0.318 e. The molecule has 0 heterocycles. The van der Waals surface area contributed by atoms with Gasteiger partial charge in [-0.1, -0.05) is 28.1 Å². The van der Waals surface area contributed by atoms with Crippen molar-refractivity contribution in [3.8, 4) is 0 Å². The molecule has 78 valence electrons. The van der Waals surface area contributed by atoms with Crippen molar-refractivity contribution in [1.82, 2.24) is 10.6 Å². The molecule has 0 bridgehead atoms. The Hall–Kier alpha value is -0.380. The van der Waals surface area contributed by atoms with Crippen molar-refractivity contribution in [3.05, 3.63) is 34.3 Å². The third-order valence-electron chi connectivity index (χ3n) is 2.08. The van der Waals surface area contributed by atoms with E-state index in [4.69, 9.17) is 0 Å². The smallest absolute Gasteiger partial charge is 0.0208 e. The fraction of sp³-hybridized carbons (Fsp3) is 0.455. The van der Waals surface area contributed by atoms with Gasteiger partial charge in [0.25, 0.3) is 0 Å². The van der Waals surface area contributed by atoms with Gasteiger partial charge in [-0.05, 0) is 31.7 Å². The normalized spacial score (nSPS) is 12.8. The Bertz CT molecular complexity index is 258. The number of nitrogens with one attached hydrogen (secondary N) is 2. The average molecular weight is 257 g/mol. The zero-order valence-corrected chi connectivity index (χ0v) is 10.3. The summed E-state index contributed by atoms with van der Waals surface area (Å²) in [4.78, 5) is 0. The Morgan fingerprint density at radius 1 is 1.29 bits per heavy atom. The van der Waals surface area contributed by atoms with Crippen LogP contribution in [0.4, 0.5) is 0 Å². The molecule has 0 fully saturated rings. The first-order chi connectivity index (χ1) is 6.72. The number of halogens is 1. The summed E-state index contributed by atoms with van der Waals surface area (Å²) in [6, 6.07) is 8.90. The van der Waals surface area contributed by atoms with Gasteiger partial charge in [-0.2, -0.15) is 0 Å². The van der Waals surface area contributed by atoms with Crippen molar-refractivity contribution in [2.75, 3.05) is 13.6 Å². The first kappa shape index (κ1) is 11.7. The van der Waals surface area contributed by atoms with Crippen LogP contribution < -0.4 is 10.6 Å². The van der Waals surface area contributed by atoms with Crippen molar-refractivity contribution in [2.45, 2.75) is 19.5 Å². The van der Waals surface area contributed by atoms with Gasteiger partial charge in [0.2, 0.25) is 0 Å². The molecule has 1 aromatic carbocycles. The Balaban J connectivity index is 2.34. The molecule has 0 saturated carbocycles. The quantitative estimate of drug-likeness (QED) is 0.844. The highest BCUT2D eigenvalue weighted by Crippen LogP contribution is 2.10. The number of hydrogen-bond donors (Lipinski definition) is 2. The average Bonchev–Trinajstić information content (AvgIpc) is 2.17. The molecule has 14 heavy (non-hydrogen) atoms. The molecule has 0 radical (unpaired) electrons. The number of rotatable bonds is 5. The van der Waals surface area contributed by atoms with Gasteiger partial charge in [-0.25, -0.2) is 0 Å². The third kappa shape index (κ3) is 4.22. The van der Waals surface area contributed by atoms with E-state index in [1.807, 2.05) is 7.05 Å². The van der Waals surface area contributed by atoms with Crippen LogP contribution in [0.5, 0.6) is 0 Å². The lowest BCUT2D eigenvalue weighted by molar-refractivity contribution is 0.523. The SMILES string of the molecule is CNCC(C)NCc1ccc(Br)cc1. The molecule has 1 unspecified atom stereocenters. The first-order valence-electron chi connectivity index (χ1n) is 4.85. The molecular weight excluding hydrogens is 240 g/mol. The maximum Gasteiger partial charge on any atom is 0.0208 e. The Morgan fingerprint density at radius 3 is 2.50 bits per heavy atom. The van der Waals surface area contributed by atoms with Crippen LogP contribution >= 0.6 is 15.9 Å². The molecule has 2 nitrogen and oxygen atoms in total. The second-order valence-corrected chi connectivity index (χ2v) is 4.38. The molecule has 3 heteroatoms. The summed E-state index contributed by atoms with van der Waals surface area (Å²) >= 11 is 3.42. The van der Waals surface area contributed by atoms with E-state index in [9.17, 15) is 0 Å². The van der Waals surface area contributed by atoms with E-state index in [-0.39, 0.29) is 0 Å². The summed E-state index contributed by atoms with van der Waals surface area (Å²) in [5.74, 6) is 0. The minimum absolute atomic E-state index is 0.503. The van der Waals surface area contributed by atoms with Crippen molar-refractivity contribution >= 4 is 15.9 Å². The molecule has 0 aliphatic carbocycles. The monoisotopic (exact) mass is 256 g/mol. The van der Waals surface area contributed by atoms with Crippen LogP contribution in [0.3, 0.4) is 0 Å². The lowest BCUT2D eigenvalue weighted by atomic mass is 10.2. The van der Waals surface area contributed by atoms with Gasteiger partial charge in [0.05, 0.1) is 0 Å². The standard InChI is InChI=1S/C11H17BrN2/c1-9(7-13-2)14-8-10-3-5-11(12)6-4-10/h3-6,9,13-14H,7-8H2,1-2H3. The molecule has 0 spiro atoms. The van der Waals surface area contributed by atoms with Gasteiger partial charge < -0.3 is 10.6 Å². The van der Waals surface area contributed by atoms with Crippen LogP contribution in [0, 0.1) is 0 Å². The topological polar surface area (TPSA) is 24.1 Å². The van der Waals surface area contributed by atoms with E-state index in [0.29, 0.717) is 6.04 Å². The van der Waals surface area contributed by atoms with Crippen LogP contribution in [0.25, 0.3) is 0 Å². The van der Waals surface area contributed by atoms with Gasteiger partial charge in [0.1, 0.15) is 0 Å². The fourth-order valence-electron chi connectivity index (χ4n) is 1.27. The van der Waals surface area contributed by atoms with Gasteiger partial charge >= 0.3 is 0 Å². The molecule has 1 rings (SSSR count). The van der Waals surface area contributed by atoms with Crippen molar-refractivity contribution < 1.29 is 0 Å². The van der Waals surface area contributed by atoms with Gasteiger partial charge in [0, 0.05) is 23.6 Å². The van der Waals surface area contributed by atoms with Crippen LogP contribution in [0.2, 0.25) is 0 Å². The molecular formula is C11H17BrN2. The first-order valence-corrected chi connectivity index (χ1v) is 5.64. The minimum atomic E-state index is 0.503. The number of benzene rings is 1. The lowest BCUT2D eigenvalue weighted by Crippen LogP contribution is -2.34. The van der Waals surface area contributed by atoms with Crippen LogP contribution in [0.1, 0.15) is 12.5 Å². The van der Waals surface area contributed by atoms with Crippen LogP contribution in [-0.2, 0) is 6.54 Å². The molecule has 2 N–H and O–H groups in total. The second-order valence-electron chi connectivity index (χ2n) is 3.47. The Morgan fingerprint density at radius 2 is 1.93 bits per heavy atom. The molecule has 0 aromatic heterocycles. The van der Waals surface area contributed by atoms with Crippen molar-refractivity contribution in [3.63, 3.8) is 0 Å². The molecule has 0 amide bonds. The predicted molar refractivity (Wildman–Crippen MR) is 64.4 cm³/mol. The second kappa shape index (κ2) is 6.17. The maximum atomic E-state index is 3.44. The predicted octanol–water partition coefficient (Wildman–Crippen LogP) is 2.15. The highest BCUT2D eigenvalue weighted by Gasteiger charge is 1.99. The van der Waals surface area contributed by atoms with E-state index in [1.54, 1.807) is 0 Å². The maximum absolute atomic E-state index is 3.44. The molecule has 0 aliphatic rings. The summed E-state index contributed by atoms with van der Waals surface area (Å²) < 4.78 is 1.13. The zero-order chi connectivity index (χ0) is 10.4. The zero-order valence-electron chi connectivity index (χ0n) is 8.68. The van der Waals surface area contributed by atoms with Crippen LogP contribution in [-0.4, -0.2) is 19.6 Å². The summed E-state index contributed by atoms with van der Waals surface area (Å²) in [7, 11) is 1.97. The Kier molecular flexibility index (Phi) is 5.15. The third-order valence-corrected chi connectivity index (χ3v) is 2.61. The summed E-state index contributed by atoms with van der Waals surface area (Å²) in [5, 5.41) is 6.58. The van der Waals surface area contributed by atoms with Crippen molar-refractivity contribution in [2.24, 2.45) is 0 Å². The van der Waals surface area contributed by atoms with E-state index in [2.05, 4.69) is 57.8 Å². The van der Waals surface area contributed by atoms with Gasteiger partial charge in [-0.3, -0.25) is 0 Å².